The molecule has 3 aliphatic heterocycles. The van der Waals surface area contributed by atoms with Gasteiger partial charge in [0.2, 0.25) is 0 Å². The van der Waals surface area contributed by atoms with Crippen molar-refractivity contribution in [1.82, 2.24) is 9.88 Å². The molecule has 6 heteroatoms. The van der Waals surface area contributed by atoms with Gasteiger partial charge < -0.3 is 20.9 Å². The summed E-state index contributed by atoms with van der Waals surface area (Å²) in [6.45, 7) is 4.51. The van der Waals surface area contributed by atoms with Gasteiger partial charge in [-0.15, -0.1) is 0 Å². The lowest BCUT2D eigenvalue weighted by atomic mass is 10.1. The number of aromatic nitrogens is 1. The van der Waals surface area contributed by atoms with Crippen LogP contribution in [0.15, 0.2) is 42.6 Å². The third-order valence-electron chi connectivity index (χ3n) is 5.13. The number of nitrogens with two attached hydrogens (primary N) is 1. The molecule has 1 aromatic carbocycles. The second kappa shape index (κ2) is 6.72. The van der Waals surface area contributed by atoms with Crippen LogP contribution in [0.2, 0.25) is 0 Å². The van der Waals surface area contributed by atoms with Crippen LogP contribution in [-0.2, 0) is 0 Å². The molecule has 5 rings (SSSR count). The molecule has 0 unspecified atom stereocenters. The number of carbonyl (C=O) groups excluding carboxylic acids is 1. The highest BCUT2D eigenvalue weighted by Gasteiger charge is 2.29. The number of benzene rings is 1. The predicted octanol–water partition coefficient (Wildman–Crippen LogP) is 2.20. The Hall–Kier alpha value is -2.60. The highest BCUT2D eigenvalue weighted by atomic mass is 16.1. The third kappa shape index (κ3) is 3.44. The summed E-state index contributed by atoms with van der Waals surface area (Å²) in [6, 6.07) is 11.4. The molecule has 0 spiro atoms. The number of hydrogen-bond donors (Lipinski definition) is 2. The Morgan fingerprint density at radius 3 is 2.48 bits per heavy atom. The molecule has 6 nitrogen and oxygen atoms in total. The maximum Gasteiger partial charge on any atom is 0.255 e. The van der Waals surface area contributed by atoms with Crippen molar-refractivity contribution in [2.45, 2.75) is 18.9 Å². The van der Waals surface area contributed by atoms with E-state index >= 15 is 0 Å². The van der Waals surface area contributed by atoms with E-state index in [1.54, 1.807) is 30.5 Å². The predicted molar refractivity (Wildman–Crippen MR) is 99.9 cm³/mol. The molecule has 4 heterocycles. The van der Waals surface area contributed by atoms with Crippen molar-refractivity contribution in [2.75, 3.05) is 42.1 Å². The molecule has 1 aromatic heterocycles. The number of carbonyl (C=O) groups is 1. The summed E-state index contributed by atoms with van der Waals surface area (Å²) >= 11 is 0. The van der Waals surface area contributed by atoms with Gasteiger partial charge in [-0.05, 0) is 49.2 Å². The average Bonchev–Trinajstić information content (AvgIpc) is 2.97. The molecule has 3 fully saturated rings. The lowest BCUT2D eigenvalue weighted by molar-refractivity contribution is 0.102. The van der Waals surface area contributed by atoms with Crippen LogP contribution in [-0.4, -0.2) is 48.0 Å². The quantitative estimate of drug-likeness (QED) is 0.840. The zero-order chi connectivity index (χ0) is 17.2. The minimum Gasteiger partial charge on any atom is -0.399 e. The zero-order valence-corrected chi connectivity index (χ0v) is 14.2. The van der Waals surface area contributed by atoms with Gasteiger partial charge in [0.1, 0.15) is 5.82 Å². The number of fused-ring (bicyclic) bond motifs is 4. The number of pyridine rings is 1. The van der Waals surface area contributed by atoms with Gasteiger partial charge >= 0.3 is 0 Å². The van der Waals surface area contributed by atoms with Crippen molar-refractivity contribution >= 4 is 23.1 Å². The van der Waals surface area contributed by atoms with Crippen LogP contribution < -0.4 is 16.0 Å². The van der Waals surface area contributed by atoms with E-state index in [-0.39, 0.29) is 5.91 Å². The fourth-order valence-corrected chi connectivity index (χ4v) is 3.66. The lowest BCUT2D eigenvalue weighted by Gasteiger charge is -2.32. The fourth-order valence-electron chi connectivity index (χ4n) is 3.66. The molecule has 2 bridgehead atoms. The Bertz CT molecular complexity index is 735. The summed E-state index contributed by atoms with van der Waals surface area (Å²) in [7, 11) is 0. The number of nitrogen functional groups attached to an aromatic ring is 1. The Morgan fingerprint density at radius 1 is 1.04 bits per heavy atom. The summed E-state index contributed by atoms with van der Waals surface area (Å²) in [4.78, 5) is 21.8. The van der Waals surface area contributed by atoms with Crippen LogP contribution in [0, 0.1) is 0 Å². The van der Waals surface area contributed by atoms with E-state index in [1.807, 2.05) is 12.1 Å². The fraction of sp³-hybridized carbons (Fsp3) is 0.368. The minimum atomic E-state index is -0.157. The Morgan fingerprint density at radius 2 is 1.80 bits per heavy atom. The van der Waals surface area contributed by atoms with E-state index in [1.165, 1.54) is 25.9 Å². The van der Waals surface area contributed by atoms with Crippen molar-refractivity contribution in [3.05, 3.63) is 48.2 Å². The molecule has 3 saturated heterocycles. The molecule has 0 radical (unpaired) electrons. The molecule has 0 saturated carbocycles. The molecule has 130 valence electrons. The van der Waals surface area contributed by atoms with E-state index in [0.29, 0.717) is 23.0 Å². The van der Waals surface area contributed by atoms with Gasteiger partial charge in [0.15, 0.2) is 0 Å². The number of piperidine rings is 1. The van der Waals surface area contributed by atoms with Crippen molar-refractivity contribution in [1.29, 1.82) is 0 Å². The second-order valence-electron chi connectivity index (χ2n) is 6.75. The van der Waals surface area contributed by atoms with Crippen LogP contribution >= 0.6 is 0 Å². The summed E-state index contributed by atoms with van der Waals surface area (Å²) in [5.41, 5.74) is 7.58. The van der Waals surface area contributed by atoms with Crippen molar-refractivity contribution in [3.63, 3.8) is 0 Å². The monoisotopic (exact) mass is 337 g/mol. The molecule has 2 aromatic rings. The number of nitrogens with one attached hydrogen (secondary N) is 1. The minimum absolute atomic E-state index is 0.157. The van der Waals surface area contributed by atoms with E-state index in [0.717, 1.165) is 18.9 Å². The number of hydrogen-bond acceptors (Lipinski definition) is 5. The third-order valence-corrected chi connectivity index (χ3v) is 5.13. The second-order valence-corrected chi connectivity index (χ2v) is 6.75. The smallest absolute Gasteiger partial charge is 0.255 e. The Kier molecular flexibility index (Phi) is 4.28. The summed E-state index contributed by atoms with van der Waals surface area (Å²) in [5, 5.41) is 2.88. The molecular weight excluding hydrogens is 314 g/mol. The van der Waals surface area contributed by atoms with Gasteiger partial charge in [0.05, 0.1) is 11.9 Å². The van der Waals surface area contributed by atoms with E-state index in [2.05, 4.69) is 20.1 Å². The molecule has 3 N–H and O–H groups in total. The average molecular weight is 337 g/mol. The van der Waals surface area contributed by atoms with Crippen LogP contribution in [0.5, 0.6) is 0 Å². The number of amides is 1. The van der Waals surface area contributed by atoms with Crippen LogP contribution in [0.4, 0.5) is 17.2 Å². The van der Waals surface area contributed by atoms with Gasteiger partial charge in [-0.1, -0.05) is 0 Å². The van der Waals surface area contributed by atoms with Crippen LogP contribution in [0.1, 0.15) is 23.2 Å². The first-order valence-electron chi connectivity index (χ1n) is 8.81. The molecular formula is C19H23N5O. The first-order chi connectivity index (χ1) is 12.2. The number of nitrogens with zero attached hydrogens (tertiary/aromatic N) is 3. The van der Waals surface area contributed by atoms with E-state index in [9.17, 15) is 4.79 Å². The van der Waals surface area contributed by atoms with Gasteiger partial charge in [-0.25, -0.2) is 4.98 Å². The molecule has 0 atom stereocenters. The van der Waals surface area contributed by atoms with Crippen molar-refractivity contribution in [2.24, 2.45) is 0 Å². The molecule has 0 aliphatic carbocycles. The number of rotatable bonds is 3. The highest BCUT2D eigenvalue weighted by molar-refractivity contribution is 6.04. The first-order valence-corrected chi connectivity index (χ1v) is 8.81. The summed E-state index contributed by atoms with van der Waals surface area (Å²) in [5.74, 6) is 0.843. The SMILES string of the molecule is Nc1ccc(C(=O)Nc2ccc(N3CCN4CCC3CC4)nc2)cc1. The maximum absolute atomic E-state index is 12.3. The highest BCUT2D eigenvalue weighted by Crippen LogP contribution is 2.26. The van der Waals surface area contributed by atoms with Gasteiger partial charge in [-0.3, -0.25) is 4.79 Å². The summed E-state index contributed by atoms with van der Waals surface area (Å²) in [6.07, 6.45) is 4.15. The first kappa shape index (κ1) is 15.9. The van der Waals surface area contributed by atoms with Crippen LogP contribution in [0.25, 0.3) is 0 Å². The van der Waals surface area contributed by atoms with E-state index < -0.39 is 0 Å². The Balaban J connectivity index is 1.45. The van der Waals surface area contributed by atoms with Gasteiger partial charge in [-0.2, -0.15) is 0 Å². The standard InChI is InChI=1S/C19H23N5O/c20-15-3-1-14(2-4-15)19(25)22-16-5-6-18(21-13-16)24-12-11-23-9-7-17(24)8-10-23/h1-6,13,17H,7-12,20H2,(H,22,25). The summed E-state index contributed by atoms with van der Waals surface area (Å²) < 4.78 is 0. The molecule has 1 amide bonds. The van der Waals surface area contributed by atoms with Gasteiger partial charge in [0, 0.05) is 43.5 Å². The van der Waals surface area contributed by atoms with E-state index in [4.69, 9.17) is 5.73 Å². The van der Waals surface area contributed by atoms with Gasteiger partial charge in [0.25, 0.3) is 5.91 Å². The lowest BCUT2D eigenvalue weighted by Crippen LogP contribution is -2.38. The molecule has 3 aliphatic rings. The van der Waals surface area contributed by atoms with Crippen molar-refractivity contribution in [3.8, 4) is 0 Å². The zero-order valence-electron chi connectivity index (χ0n) is 14.2. The van der Waals surface area contributed by atoms with Crippen molar-refractivity contribution < 1.29 is 4.79 Å². The largest absolute Gasteiger partial charge is 0.399 e. The van der Waals surface area contributed by atoms with Crippen LogP contribution in [0.3, 0.4) is 0 Å². The number of anilines is 3. The maximum atomic E-state index is 12.3. The molecule has 25 heavy (non-hydrogen) atoms. The topological polar surface area (TPSA) is 74.5 Å². The normalized spacial score (nSPS) is 22.5. The Labute approximate surface area is 147 Å².